The van der Waals surface area contributed by atoms with Crippen LogP contribution in [0.5, 0.6) is 0 Å². The van der Waals surface area contributed by atoms with Gasteiger partial charge in [0.05, 0.1) is 12.7 Å². The van der Waals surface area contributed by atoms with Gasteiger partial charge in [-0.15, -0.1) is 0 Å². The normalized spacial score (nSPS) is 11.6. The van der Waals surface area contributed by atoms with Crippen molar-refractivity contribution >= 4 is 11.9 Å². The average Bonchev–Trinajstić information content (AvgIpc) is 2.54. The minimum Gasteiger partial charge on any atom is -0.467 e. The summed E-state index contributed by atoms with van der Waals surface area (Å²) in [6.07, 6.45) is 0.272. The van der Waals surface area contributed by atoms with Crippen LogP contribution in [0.1, 0.15) is 21.5 Å². The number of carbonyl (C=O) groups excluding carboxylic acids is 2. The summed E-state index contributed by atoms with van der Waals surface area (Å²) < 4.78 is 18.4. The molecule has 0 spiro atoms. The number of rotatable bonds is 5. The molecule has 0 heterocycles. The van der Waals surface area contributed by atoms with Crippen LogP contribution >= 0.6 is 0 Å². The molecule has 0 fully saturated rings. The van der Waals surface area contributed by atoms with E-state index in [1.165, 1.54) is 25.3 Å². The molecule has 0 unspecified atom stereocenters. The van der Waals surface area contributed by atoms with Gasteiger partial charge in [0.15, 0.2) is 0 Å². The van der Waals surface area contributed by atoms with Crippen molar-refractivity contribution in [1.82, 2.24) is 5.32 Å². The van der Waals surface area contributed by atoms with E-state index in [0.29, 0.717) is 0 Å². The lowest BCUT2D eigenvalue weighted by Gasteiger charge is -2.17. The molecule has 2 rings (SSSR count). The zero-order valence-corrected chi connectivity index (χ0v) is 13.0. The van der Waals surface area contributed by atoms with Crippen LogP contribution in [0.4, 0.5) is 4.39 Å². The van der Waals surface area contributed by atoms with Crippen LogP contribution in [-0.2, 0) is 16.0 Å². The first-order valence-corrected chi connectivity index (χ1v) is 7.20. The maximum atomic E-state index is 13.7. The molecule has 1 amide bonds. The van der Waals surface area contributed by atoms with Gasteiger partial charge in [0.1, 0.15) is 11.9 Å². The average molecular weight is 315 g/mol. The number of carbonyl (C=O) groups is 2. The standard InChI is InChI=1S/C18H18FNO3/c1-12-6-5-7-13(10-12)11-16(18(22)23-2)20-17(21)14-8-3-4-9-15(14)19/h3-10,16H,11H2,1-2H3,(H,20,21)/t16-/m0/s1. The number of hydrogen-bond acceptors (Lipinski definition) is 3. The highest BCUT2D eigenvalue weighted by Gasteiger charge is 2.23. The zero-order valence-electron chi connectivity index (χ0n) is 13.0. The molecule has 23 heavy (non-hydrogen) atoms. The summed E-state index contributed by atoms with van der Waals surface area (Å²) >= 11 is 0. The fourth-order valence-electron chi connectivity index (χ4n) is 2.29. The van der Waals surface area contributed by atoms with Crippen molar-refractivity contribution in [3.8, 4) is 0 Å². The van der Waals surface area contributed by atoms with Crippen LogP contribution in [0.15, 0.2) is 48.5 Å². The lowest BCUT2D eigenvalue weighted by molar-refractivity contribution is -0.142. The molecule has 1 atom stereocenters. The Morgan fingerprint density at radius 2 is 1.91 bits per heavy atom. The maximum Gasteiger partial charge on any atom is 0.328 e. The van der Waals surface area contributed by atoms with Crippen LogP contribution < -0.4 is 5.32 Å². The third kappa shape index (κ3) is 4.39. The van der Waals surface area contributed by atoms with Gasteiger partial charge in [-0.3, -0.25) is 4.79 Å². The fraction of sp³-hybridized carbons (Fsp3) is 0.222. The number of amides is 1. The van der Waals surface area contributed by atoms with Crippen LogP contribution in [0, 0.1) is 12.7 Å². The molecule has 0 aliphatic rings. The van der Waals surface area contributed by atoms with Crippen molar-refractivity contribution in [2.45, 2.75) is 19.4 Å². The molecular formula is C18H18FNO3. The minimum atomic E-state index is -0.881. The Kier molecular flexibility index (Phi) is 5.46. The van der Waals surface area contributed by atoms with Crippen molar-refractivity contribution in [2.24, 2.45) is 0 Å². The number of benzene rings is 2. The quantitative estimate of drug-likeness (QED) is 0.863. The van der Waals surface area contributed by atoms with Gasteiger partial charge in [-0.25, -0.2) is 9.18 Å². The van der Waals surface area contributed by atoms with Crippen molar-refractivity contribution in [3.05, 3.63) is 71.0 Å². The van der Waals surface area contributed by atoms with E-state index in [-0.39, 0.29) is 12.0 Å². The number of hydrogen-bond donors (Lipinski definition) is 1. The lowest BCUT2D eigenvalue weighted by Crippen LogP contribution is -2.43. The van der Waals surface area contributed by atoms with Gasteiger partial charge in [0.2, 0.25) is 0 Å². The van der Waals surface area contributed by atoms with Gasteiger partial charge in [-0.05, 0) is 24.6 Å². The van der Waals surface area contributed by atoms with E-state index in [2.05, 4.69) is 5.32 Å². The Labute approximate surface area is 134 Å². The second-order valence-corrected chi connectivity index (χ2v) is 5.22. The lowest BCUT2D eigenvalue weighted by atomic mass is 10.0. The number of aryl methyl sites for hydroxylation is 1. The van der Waals surface area contributed by atoms with Gasteiger partial charge in [0, 0.05) is 6.42 Å². The minimum absolute atomic E-state index is 0.106. The molecular weight excluding hydrogens is 297 g/mol. The number of esters is 1. The first-order valence-electron chi connectivity index (χ1n) is 7.20. The molecule has 0 aliphatic heterocycles. The molecule has 0 aromatic heterocycles. The van der Waals surface area contributed by atoms with Crippen LogP contribution in [0.25, 0.3) is 0 Å². The summed E-state index contributed by atoms with van der Waals surface area (Å²) in [4.78, 5) is 24.1. The predicted octanol–water partition coefficient (Wildman–Crippen LogP) is 2.65. The molecule has 120 valence electrons. The van der Waals surface area contributed by atoms with Crippen molar-refractivity contribution in [3.63, 3.8) is 0 Å². The van der Waals surface area contributed by atoms with E-state index in [1.807, 2.05) is 31.2 Å². The Hall–Kier alpha value is -2.69. The van der Waals surface area contributed by atoms with Gasteiger partial charge in [-0.1, -0.05) is 42.0 Å². The molecule has 2 aromatic carbocycles. The Morgan fingerprint density at radius 1 is 1.17 bits per heavy atom. The van der Waals surface area contributed by atoms with Crippen molar-refractivity contribution in [2.75, 3.05) is 7.11 Å². The number of ether oxygens (including phenoxy) is 1. The maximum absolute atomic E-state index is 13.7. The summed E-state index contributed by atoms with van der Waals surface area (Å²) in [6.45, 7) is 1.94. The van der Waals surface area contributed by atoms with E-state index >= 15 is 0 Å². The molecule has 1 N–H and O–H groups in total. The Bertz CT molecular complexity index is 715. The second kappa shape index (κ2) is 7.54. The third-order valence-electron chi connectivity index (χ3n) is 3.43. The number of halogens is 1. The Morgan fingerprint density at radius 3 is 2.57 bits per heavy atom. The van der Waals surface area contributed by atoms with Gasteiger partial charge in [0.25, 0.3) is 5.91 Å². The number of nitrogens with one attached hydrogen (secondary N) is 1. The highest BCUT2D eigenvalue weighted by Crippen LogP contribution is 2.10. The van der Waals surface area contributed by atoms with Gasteiger partial charge < -0.3 is 10.1 Å². The molecule has 4 nitrogen and oxygen atoms in total. The molecule has 0 saturated heterocycles. The van der Waals surface area contributed by atoms with E-state index in [4.69, 9.17) is 4.74 Å². The first kappa shape index (κ1) is 16.7. The monoisotopic (exact) mass is 315 g/mol. The molecule has 5 heteroatoms. The van der Waals surface area contributed by atoms with E-state index in [0.717, 1.165) is 11.1 Å². The van der Waals surface area contributed by atoms with E-state index in [1.54, 1.807) is 6.07 Å². The molecule has 0 radical (unpaired) electrons. The fourth-order valence-corrected chi connectivity index (χ4v) is 2.29. The van der Waals surface area contributed by atoms with E-state index < -0.39 is 23.7 Å². The third-order valence-corrected chi connectivity index (χ3v) is 3.43. The van der Waals surface area contributed by atoms with Crippen LogP contribution in [0.3, 0.4) is 0 Å². The Balaban J connectivity index is 2.17. The SMILES string of the molecule is COC(=O)[C@H](Cc1cccc(C)c1)NC(=O)c1ccccc1F. The van der Waals surface area contributed by atoms with Crippen LogP contribution in [-0.4, -0.2) is 25.0 Å². The second-order valence-electron chi connectivity index (χ2n) is 5.22. The predicted molar refractivity (Wildman–Crippen MR) is 84.6 cm³/mol. The molecule has 0 saturated carbocycles. The number of methoxy groups -OCH3 is 1. The summed E-state index contributed by atoms with van der Waals surface area (Å²) in [5.74, 6) is -1.86. The van der Waals surface area contributed by atoms with Crippen molar-refractivity contribution < 1.29 is 18.7 Å². The zero-order chi connectivity index (χ0) is 16.8. The van der Waals surface area contributed by atoms with Gasteiger partial charge >= 0.3 is 5.97 Å². The summed E-state index contributed by atoms with van der Waals surface area (Å²) in [5.41, 5.74) is 1.83. The molecule has 2 aromatic rings. The summed E-state index contributed by atoms with van der Waals surface area (Å²) in [5, 5.41) is 2.54. The first-order chi connectivity index (χ1) is 11.0. The summed E-state index contributed by atoms with van der Waals surface area (Å²) in [6, 6.07) is 12.3. The molecule has 0 aliphatic carbocycles. The van der Waals surface area contributed by atoms with Gasteiger partial charge in [-0.2, -0.15) is 0 Å². The smallest absolute Gasteiger partial charge is 0.328 e. The largest absolute Gasteiger partial charge is 0.467 e. The highest BCUT2D eigenvalue weighted by atomic mass is 19.1. The van der Waals surface area contributed by atoms with E-state index in [9.17, 15) is 14.0 Å². The van der Waals surface area contributed by atoms with Crippen molar-refractivity contribution in [1.29, 1.82) is 0 Å². The summed E-state index contributed by atoms with van der Waals surface area (Å²) in [7, 11) is 1.25. The molecule has 0 bridgehead atoms. The topological polar surface area (TPSA) is 55.4 Å². The highest BCUT2D eigenvalue weighted by molar-refractivity contribution is 5.97. The van der Waals surface area contributed by atoms with Crippen LogP contribution in [0.2, 0.25) is 0 Å².